The molecule has 0 radical (unpaired) electrons. The van der Waals surface area contributed by atoms with Gasteiger partial charge < -0.3 is 94.5 Å². The zero-order valence-corrected chi connectivity index (χ0v) is 60.4. The molecule has 2 bridgehead atoms. The lowest BCUT2D eigenvalue weighted by Crippen LogP contribution is -2.62. The first-order chi connectivity index (χ1) is 49.4. The number of nitrogens with two attached hydrogens (primary N) is 2. The summed E-state index contributed by atoms with van der Waals surface area (Å²) in [5.41, 5.74) is 12.0. The fourth-order valence-corrected chi connectivity index (χ4v) is 12.1. The minimum absolute atomic E-state index is 0.0222. The van der Waals surface area contributed by atoms with Crippen molar-refractivity contribution in [1.82, 2.24) is 52.8 Å². The van der Waals surface area contributed by atoms with Crippen LogP contribution in [0.5, 0.6) is 11.5 Å². The zero-order chi connectivity index (χ0) is 77.0. The van der Waals surface area contributed by atoms with E-state index in [1.807, 2.05) is 0 Å². The van der Waals surface area contributed by atoms with E-state index in [9.17, 15) is 92.7 Å². The molecule has 18 N–H and O–H groups in total. The van der Waals surface area contributed by atoms with Crippen LogP contribution in [-0.4, -0.2) is 199 Å². The van der Waals surface area contributed by atoms with Crippen LogP contribution in [0, 0.1) is 5.92 Å². The summed E-state index contributed by atoms with van der Waals surface area (Å²) in [6, 6.07) is -4.87. The second-order valence-electron chi connectivity index (χ2n) is 27.1. The van der Waals surface area contributed by atoms with Crippen molar-refractivity contribution in [3.63, 3.8) is 0 Å². The largest absolute Gasteiger partial charge is 0.508 e. The van der Waals surface area contributed by atoms with Crippen molar-refractivity contribution in [3.05, 3.63) is 59.7 Å². The second-order valence-corrected chi connectivity index (χ2v) is 27.1. The van der Waals surface area contributed by atoms with Crippen LogP contribution in [0.25, 0.3) is 0 Å². The van der Waals surface area contributed by atoms with Gasteiger partial charge in [0.2, 0.25) is 65.0 Å². The highest BCUT2D eigenvalue weighted by Gasteiger charge is 2.41. The molecule has 2 unspecified atom stereocenters. The molecule has 32 nitrogen and oxygen atoms in total. The van der Waals surface area contributed by atoms with Crippen molar-refractivity contribution in [1.29, 1.82) is 0 Å². The van der Waals surface area contributed by atoms with Gasteiger partial charge in [-0.3, -0.25) is 62.3 Å². The Bertz CT molecular complexity index is 3190. The maximum absolute atomic E-state index is 14.8. The molecule has 0 aliphatic carbocycles. The first-order valence-corrected chi connectivity index (χ1v) is 36.3. The van der Waals surface area contributed by atoms with Gasteiger partial charge in [0.1, 0.15) is 71.9 Å². The van der Waals surface area contributed by atoms with Gasteiger partial charge in [0.05, 0.1) is 18.6 Å². The van der Waals surface area contributed by atoms with Crippen molar-refractivity contribution >= 4 is 82.9 Å². The maximum Gasteiger partial charge on any atom is 0.334 e. The molecular formula is C72H110N12O20. The van der Waals surface area contributed by atoms with Crippen LogP contribution in [-0.2, 0) is 80.0 Å². The molecule has 3 aliphatic rings. The quantitative estimate of drug-likeness (QED) is 0.0196. The van der Waals surface area contributed by atoms with Crippen LogP contribution in [0.2, 0.25) is 0 Å². The normalized spacial score (nSPS) is 21.9. The van der Waals surface area contributed by atoms with E-state index in [0.717, 1.165) is 43.9 Å². The van der Waals surface area contributed by atoms with E-state index in [1.165, 1.54) is 87.6 Å². The number of aliphatic carboxylic acids is 2. The summed E-state index contributed by atoms with van der Waals surface area (Å²) in [6.45, 7) is 7.83. The molecule has 32 heteroatoms. The Morgan fingerprint density at radius 2 is 1.17 bits per heavy atom. The molecule has 11 amide bonds. The van der Waals surface area contributed by atoms with Crippen molar-refractivity contribution < 1.29 is 97.4 Å². The van der Waals surface area contributed by atoms with E-state index in [4.69, 9.17) is 16.2 Å². The number of fused-ring (bicyclic) bond motifs is 23. The van der Waals surface area contributed by atoms with Crippen LogP contribution >= 0.6 is 0 Å². The number of primary amides is 1. The number of hydrogen-bond acceptors (Lipinski definition) is 19. The SMILES string of the molecule is CCCCCCCCCCCCCC(O)CC(=O)N[C@@H](CCC(=O)O)C(=O)N[C@H](CCCN)C(=O)N[C@@H]1Cc2ccc(cc2)OC(=O)[C@H]([C@H](C)CC)NC(=O)[C@H](Cc2ccc(O)cc2)NC(=O)[C@H](CCC(N)=O)NC(=O)[C@@H]2CCCN2C(=O)[C@@H](C)NC(=O)[C@H](CCC(=O)O)NC(=O)C([C@H](C)O)NC1=O. The summed E-state index contributed by atoms with van der Waals surface area (Å²) in [7, 11) is 0. The van der Waals surface area contributed by atoms with Gasteiger partial charge in [0, 0.05) is 38.6 Å². The van der Waals surface area contributed by atoms with Gasteiger partial charge >= 0.3 is 17.9 Å². The molecule has 2 aromatic carbocycles. The Labute approximate surface area is 606 Å². The highest BCUT2D eigenvalue weighted by atomic mass is 16.5. The van der Waals surface area contributed by atoms with E-state index in [2.05, 4.69) is 54.8 Å². The van der Waals surface area contributed by atoms with Gasteiger partial charge in [0.15, 0.2) is 0 Å². The maximum atomic E-state index is 14.8. The van der Waals surface area contributed by atoms with Crippen LogP contribution in [0.4, 0.5) is 0 Å². The molecular weight excluding hydrogens is 1350 g/mol. The molecule has 0 spiro atoms. The third-order valence-electron chi connectivity index (χ3n) is 18.4. The topological polar surface area (TPSA) is 513 Å². The summed E-state index contributed by atoms with van der Waals surface area (Å²) in [6.07, 6.45) is 5.34. The molecule has 0 aromatic heterocycles. The highest BCUT2D eigenvalue weighted by Crippen LogP contribution is 2.23. The number of nitrogens with zero attached hydrogens (tertiary/aromatic N) is 1. The number of amides is 11. The number of aromatic hydroxyl groups is 1. The van der Waals surface area contributed by atoms with Gasteiger partial charge in [-0.1, -0.05) is 122 Å². The van der Waals surface area contributed by atoms with Crippen LogP contribution in [0.1, 0.15) is 200 Å². The molecule has 104 heavy (non-hydrogen) atoms. The van der Waals surface area contributed by atoms with Gasteiger partial charge in [-0.2, -0.15) is 0 Å². The van der Waals surface area contributed by atoms with E-state index < -0.39 is 213 Å². The van der Waals surface area contributed by atoms with Crippen molar-refractivity contribution in [2.24, 2.45) is 17.4 Å². The van der Waals surface area contributed by atoms with Crippen LogP contribution < -0.4 is 64.1 Å². The van der Waals surface area contributed by atoms with Crippen molar-refractivity contribution in [2.75, 3.05) is 13.1 Å². The number of benzene rings is 2. The van der Waals surface area contributed by atoms with E-state index in [-0.39, 0.29) is 62.3 Å². The third kappa shape index (κ3) is 31.0. The van der Waals surface area contributed by atoms with Crippen LogP contribution in [0.3, 0.4) is 0 Å². The lowest BCUT2D eigenvalue weighted by Gasteiger charge is -2.30. The average molecular weight is 1460 g/mol. The number of rotatable bonds is 36. The Hall–Kier alpha value is -9.30. The number of hydrogen-bond donors (Lipinski definition) is 16. The number of phenolic OH excluding ortho intramolecular Hbond substituents is 1. The number of phenols is 1. The Balaban J connectivity index is 1.75. The highest BCUT2D eigenvalue weighted by molar-refractivity contribution is 5.99. The lowest BCUT2D eigenvalue weighted by molar-refractivity contribution is -0.143. The summed E-state index contributed by atoms with van der Waals surface area (Å²) < 4.78 is 5.82. The van der Waals surface area contributed by atoms with Gasteiger partial charge in [-0.25, -0.2) is 4.79 Å². The van der Waals surface area contributed by atoms with E-state index in [0.29, 0.717) is 24.8 Å². The molecule has 13 atom stereocenters. The smallest absolute Gasteiger partial charge is 0.334 e. The minimum atomic E-state index is -1.98. The number of unbranched alkanes of at least 4 members (excludes halogenated alkanes) is 10. The predicted molar refractivity (Wildman–Crippen MR) is 379 cm³/mol. The van der Waals surface area contributed by atoms with Crippen molar-refractivity contribution in [2.45, 2.75) is 274 Å². The summed E-state index contributed by atoms with van der Waals surface area (Å²) >= 11 is 0. The number of carbonyl (C=O) groups is 14. The first kappa shape index (κ1) is 87.1. The Morgan fingerprint density at radius 1 is 0.615 bits per heavy atom. The lowest BCUT2D eigenvalue weighted by atomic mass is 9.97. The minimum Gasteiger partial charge on any atom is -0.508 e. The van der Waals surface area contributed by atoms with Crippen LogP contribution in [0.15, 0.2) is 48.5 Å². The number of nitrogens with one attached hydrogen (secondary N) is 9. The predicted octanol–water partition coefficient (Wildman–Crippen LogP) is 1.08. The number of esters is 1. The molecule has 2 aromatic rings. The number of carboxylic acids is 2. The second kappa shape index (κ2) is 45.7. The number of aliphatic hydroxyl groups is 2. The summed E-state index contributed by atoms with van der Waals surface area (Å²) in [5, 5.41) is 74.1. The van der Waals surface area contributed by atoms with E-state index in [1.54, 1.807) is 13.8 Å². The molecule has 3 aliphatic heterocycles. The molecule has 578 valence electrons. The number of carboxylic acid groups (broad SMARTS) is 2. The standard InChI is InChI=1S/C72H110N12O20/c1-6-8-9-10-11-12-13-14-15-16-17-20-48(87)41-58(89)76-51(32-35-59(90)91)65(96)77-50(21-18-37-73)64(95)80-55-40-46-25-29-49(30-26-46)104-72(103)61(42(3)7-2)82-67(98)54(39-45-23-27-47(86)28-24-45)81-66(97)52(31-34-57(74)88)78-69(100)56-22-19-38-84(56)71(102)43(4)75-63(94)53(33-36-60(92)93)79-70(101)62(44(5)85)83-68(55)99/h23-30,42-44,48,50-56,61-62,85-87H,6-22,31-41,73H2,1-5H3,(H2,74,88)(H,75,94)(H,76,89)(H,77,96)(H,78,100)(H,79,101)(H,80,95)(H,81,97)(H,82,98)(H,83,99)(H,90,91)(H,92,93)/t42-,43-,44+,48?,50-,51+,52+,53+,54+,55-,56+,61+,62?/m1/s1. The summed E-state index contributed by atoms with van der Waals surface area (Å²) in [4.78, 5) is 195. The number of aliphatic hydroxyl groups excluding tert-OH is 2. The zero-order valence-electron chi connectivity index (χ0n) is 60.4. The fraction of sp³-hybridized carbons (Fsp3) is 0.639. The Kier molecular flexibility index (Phi) is 38.3. The number of carbonyl (C=O) groups excluding carboxylic acids is 12. The molecule has 3 heterocycles. The average Bonchev–Trinajstić information content (AvgIpc) is 1.55. The number of ether oxygens (including phenoxy) is 1. The fourth-order valence-electron chi connectivity index (χ4n) is 12.1. The molecule has 1 fully saturated rings. The molecule has 5 rings (SSSR count). The summed E-state index contributed by atoms with van der Waals surface area (Å²) in [5.74, 6) is -15.4. The third-order valence-corrected chi connectivity index (χ3v) is 18.4. The van der Waals surface area contributed by atoms with Gasteiger partial charge in [-0.05, 0) is 113 Å². The first-order valence-electron chi connectivity index (χ1n) is 36.3. The van der Waals surface area contributed by atoms with Gasteiger partial charge in [-0.15, -0.1) is 0 Å². The Morgan fingerprint density at radius 3 is 1.76 bits per heavy atom. The molecule has 1 saturated heterocycles. The molecule has 0 saturated carbocycles. The van der Waals surface area contributed by atoms with E-state index >= 15 is 0 Å². The monoisotopic (exact) mass is 1460 g/mol. The van der Waals surface area contributed by atoms with Gasteiger partial charge in [0.25, 0.3) is 0 Å². The van der Waals surface area contributed by atoms with Crippen molar-refractivity contribution in [3.8, 4) is 11.5 Å².